The maximum Gasteiger partial charge on any atom is 0.260 e. The number of carbonyl (C=O) groups is 1. The molecule has 24 heavy (non-hydrogen) atoms. The third-order valence-electron chi connectivity index (χ3n) is 3.90. The number of aromatic nitrogens is 1. The van der Waals surface area contributed by atoms with Crippen molar-refractivity contribution in [2.75, 3.05) is 19.7 Å². The Morgan fingerprint density at radius 1 is 1.25 bits per heavy atom. The van der Waals surface area contributed by atoms with Crippen molar-refractivity contribution in [1.29, 1.82) is 0 Å². The molecule has 6 heteroatoms. The van der Waals surface area contributed by atoms with Crippen LogP contribution in [0.15, 0.2) is 48.8 Å². The molecule has 1 aliphatic rings. The number of aliphatic hydroxyl groups is 1. The molecule has 1 aromatic heterocycles. The molecule has 1 saturated heterocycles. The van der Waals surface area contributed by atoms with E-state index in [-0.39, 0.29) is 25.2 Å². The highest BCUT2D eigenvalue weighted by Gasteiger charge is 2.27. The lowest BCUT2D eigenvalue weighted by Crippen LogP contribution is -2.34. The Morgan fingerprint density at radius 3 is 2.79 bits per heavy atom. The Hall–Kier alpha value is -2.60. The van der Waals surface area contributed by atoms with Gasteiger partial charge in [-0.25, -0.2) is 0 Å². The fourth-order valence-corrected chi connectivity index (χ4v) is 2.59. The summed E-state index contributed by atoms with van der Waals surface area (Å²) in [6.45, 7) is 1.21. The first-order valence-electron chi connectivity index (χ1n) is 7.91. The Bertz CT molecular complexity index is 660. The summed E-state index contributed by atoms with van der Waals surface area (Å²) < 4.78 is 11.3. The molecule has 0 saturated carbocycles. The van der Waals surface area contributed by atoms with Gasteiger partial charge < -0.3 is 19.5 Å². The summed E-state index contributed by atoms with van der Waals surface area (Å²) in [5, 5.41) is 9.00. The van der Waals surface area contributed by atoms with E-state index in [1.165, 1.54) is 0 Å². The van der Waals surface area contributed by atoms with Crippen molar-refractivity contribution in [3.63, 3.8) is 0 Å². The quantitative estimate of drug-likeness (QED) is 0.873. The summed E-state index contributed by atoms with van der Waals surface area (Å²) in [6, 6.07) is 10.7. The summed E-state index contributed by atoms with van der Waals surface area (Å²) in [4.78, 5) is 18.0. The van der Waals surface area contributed by atoms with Crippen LogP contribution in [0.4, 0.5) is 0 Å². The molecular weight excluding hydrogens is 308 g/mol. The highest BCUT2D eigenvalue weighted by Crippen LogP contribution is 2.18. The standard InChI is InChI=1S/C18H20N2O4/c21-12-14-3-5-15(6-4-14)23-13-18(22)20-9-7-17(11-20)24-16-2-1-8-19-10-16/h1-6,8,10,17,21H,7,9,11-13H2. The lowest BCUT2D eigenvalue weighted by atomic mass is 10.2. The van der Waals surface area contributed by atoms with Crippen LogP contribution >= 0.6 is 0 Å². The molecule has 2 heterocycles. The highest BCUT2D eigenvalue weighted by molar-refractivity contribution is 5.78. The van der Waals surface area contributed by atoms with Crippen LogP contribution in [0.25, 0.3) is 0 Å². The Kier molecular flexibility index (Phi) is 5.28. The van der Waals surface area contributed by atoms with Crippen LogP contribution in [0.2, 0.25) is 0 Å². The number of benzene rings is 1. The van der Waals surface area contributed by atoms with E-state index in [1.807, 2.05) is 12.1 Å². The van der Waals surface area contributed by atoms with E-state index >= 15 is 0 Å². The minimum absolute atomic E-state index is 0.00190. The van der Waals surface area contributed by atoms with Crippen LogP contribution in [0.1, 0.15) is 12.0 Å². The molecule has 1 amide bonds. The number of rotatable bonds is 6. The first-order valence-corrected chi connectivity index (χ1v) is 7.91. The van der Waals surface area contributed by atoms with Crippen LogP contribution in [0, 0.1) is 0 Å². The molecule has 1 aliphatic heterocycles. The van der Waals surface area contributed by atoms with E-state index in [0.29, 0.717) is 18.8 Å². The monoisotopic (exact) mass is 328 g/mol. The van der Waals surface area contributed by atoms with Gasteiger partial charge >= 0.3 is 0 Å². The fraction of sp³-hybridized carbons (Fsp3) is 0.333. The van der Waals surface area contributed by atoms with Gasteiger partial charge in [-0.05, 0) is 29.8 Å². The van der Waals surface area contributed by atoms with Gasteiger partial charge in [0.2, 0.25) is 0 Å². The van der Waals surface area contributed by atoms with E-state index in [4.69, 9.17) is 14.6 Å². The third kappa shape index (κ3) is 4.23. The Balaban J connectivity index is 1.45. The van der Waals surface area contributed by atoms with Crippen molar-refractivity contribution >= 4 is 5.91 Å². The van der Waals surface area contributed by atoms with E-state index in [9.17, 15) is 4.79 Å². The zero-order chi connectivity index (χ0) is 16.8. The third-order valence-corrected chi connectivity index (χ3v) is 3.90. The number of nitrogens with zero attached hydrogens (tertiary/aromatic N) is 2. The molecule has 6 nitrogen and oxygen atoms in total. The van der Waals surface area contributed by atoms with Crippen molar-refractivity contribution < 1.29 is 19.4 Å². The highest BCUT2D eigenvalue weighted by atomic mass is 16.5. The van der Waals surface area contributed by atoms with Crippen LogP contribution in [0.3, 0.4) is 0 Å². The Morgan fingerprint density at radius 2 is 2.08 bits per heavy atom. The Labute approximate surface area is 140 Å². The van der Waals surface area contributed by atoms with Gasteiger partial charge in [0.05, 0.1) is 19.3 Å². The first-order chi connectivity index (χ1) is 11.7. The second-order valence-corrected chi connectivity index (χ2v) is 5.65. The lowest BCUT2D eigenvalue weighted by Gasteiger charge is -2.17. The molecule has 2 aromatic rings. The number of pyridine rings is 1. The van der Waals surface area contributed by atoms with Crippen LogP contribution in [-0.4, -0.2) is 46.7 Å². The average molecular weight is 328 g/mol. The van der Waals surface area contributed by atoms with E-state index < -0.39 is 0 Å². The summed E-state index contributed by atoms with van der Waals surface area (Å²) >= 11 is 0. The van der Waals surface area contributed by atoms with Crippen LogP contribution < -0.4 is 9.47 Å². The molecule has 126 valence electrons. The van der Waals surface area contributed by atoms with Gasteiger partial charge in [-0.3, -0.25) is 9.78 Å². The summed E-state index contributed by atoms with van der Waals surface area (Å²) in [6.07, 6.45) is 4.15. The number of amides is 1. The molecule has 1 atom stereocenters. The number of ether oxygens (including phenoxy) is 2. The molecule has 1 unspecified atom stereocenters. The molecule has 1 N–H and O–H groups in total. The second kappa shape index (κ2) is 7.79. The maximum absolute atomic E-state index is 12.2. The van der Waals surface area contributed by atoms with Gasteiger partial charge in [-0.1, -0.05) is 12.1 Å². The number of hydrogen-bond donors (Lipinski definition) is 1. The van der Waals surface area contributed by atoms with Crippen LogP contribution in [-0.2, 0) is 11.4 Å². The molecular formula is C18H20N2O4. The second-order valence-electron chi connectivity index (χ2n) is 5.65. The van der Waals surface area contributed by atoms with Gasteiger partial charge in [0.15, 0.2) is 6.61 Å². The minimum Gasteiger partial charge on any atom is -0.487 e. The number of carbonyl (C=O) groups excluding carboxylic acids is 1. The van der Waals surface area contributed by atoms with E-state index in [0.717, 1.165) is 17.7 Å². The summed E-state index contributed by atoms with van der Waals surface area (Å²) in [7, 11) is 0. The minimum atomic E-state index is -0.0569. The van der Waals surface area contributed by atoms with Crippen molar-refractivity contribution in [1.82, 2.24) is 9.88 Å². The maximum atomic E-state index is 12.2. The van der Waals surface area contributed by atoms with Crippen LogP contribution in [0.5, 0.6) is 11.5 Å². The van der Waals surface area contributed by atoms with Gasteiger partial charge in [0, 0.05) is 19.2 Å². The largest absolute Gasteiger partial charge is 0.487 e. The van der Waals surface area contributed by atoms with E-state index in [1.54, 1.807) is 41.6 Å². The molecule has 0 aliphatic carbocycles. The van der Waals surface area contributed by atoms with Crippen molar-refractivity contribution in [3.05, 3.63) is 54.4 Å². The smallest absolute Gasteiger partial charge is 0.260 e. The van der Waals surface area contributed by atoms with Gasteiger partial charge in [0.1, 0.15) is 17.6 Å². The van der Waals surface area contributed by atoms with Gasteiger partial charge in [-0.15, -0.1) is 0 Å². The lowest BCUT2D eigenvalue weighted by molar-refractivity contribution is -0.132. The summed E-state index contributed by atoms with van der Waals surface area (Å²) in [5.74, 6) is 1.28. The molecule has 1 aromatic carbocycles. The first kappa shape index (κ1) is 16.3. The zero-order valence-corrected chi connectivity index (χ0v) is 13.3. The predicted molar refractivity (Wildman–Crippen MR) is 87.7 cm³/mol. The van der Waals surface area contributed by atoms with E-state index in [2.05, 4.69) is 4.98 Å². The molecule has 0 radical (unpaired) electrons. The molecule has 0 bridgehead atoms. The molecule has 0 spiro atoms. The number of likely N-dealkylation sites (tertiary alicyclic amines) is 1. The fourth-order valence-electron chi connectivity index (χ4n) is 2.59. The normalized spacial score (nSPS) is 16.9. The zero-order valence-electron chi connectivity index (χ0n) is 13.3. The van der Waals surface area contributed by atoms with Gasteiger partial charge in [0.25, 0.3) is 5.91 Å². The number of aliphatic hydroxyl groups excluding tert-OH is 1. The van der Waals surface area contributed by atoms with Crippen molar-refractivity contribution in [2.24, 2.45) is 0 Å². The van der Waals surface area contributed by atoms with Crippen molar-refractivity contribution in [3.8, 4) is 11.5 Å². The van der Waals surface area contributed by atoms with Gasteiger partial charge in [-0.2, -0.15) is 0 Å². The van der Waals surface area contributed by atoms with Crippen molar-refractivity contribution in [2.45, 2.75) is 19.1 Å². The SMILES string of the molecule is O=C(COc1ccc(CO)cc1)N1CCC(Oc2cccnc2)C1. The number of hydrogen-bond acceptors (Lipinski definition) is 5. The average Bonchev–Trinajstić information content (AvgIpc) is 3.09. The molecule has 1 fully saturated rings. The topological polar surface area (TPSA) is 71.9 Å². The molecule has 3 rings (SSSR count). The summed E-state index contributed by atoms with van der Waals surface area (Å²) in [5.41, 5.74) is 0.809. The predicted octanol–water partition coefficient (Wildman–Crippen LogP) is 1.63.